The van der Waals surface area contributed by atoms with E-state index in [9.17, 15) is 4.79 Å². The lowest BCUT2D eigenvalue weighted by molar-refractivity contribution is -0.118. The lowest BCUT2D eigenvalue weighted by Gasteiger charge is -2.04. The molecule has 88 valence electrons. The second-order valence-corrected chi connectivity index (χ2v) is 4.77. The highest BCUT2D eigenvalue weighted by atomic mass is 35.5. The van der Waals surface area contributed by atoms with Gasteiger partial charge in [0.25, 0.3) is 0 Å². The summed E-state index contributed by atoms with van der Waals surface area (Å²) in [6, 6.07) is 9.93. The third-order valence-electron chi connectivity index (χ3n) is 2.00. The Bertz CT molecular complexity index is 305. The molecule has 0 heterocycles. The topological polar surface area (TPSA) is 29.1 Å². The molecule has 0 aliphatic rings. The van der Waals surface area contributed by atoms with Crippen molar-refractivity contribution in [2.75, 3.05) is 18.2 Å². The molecule has 0 aliphatic heterocycles. The molecule has 1 aromatic carbocycles. The van der Waals surface area contributed by atoms with Gasteiger partial charge >= 0.3 is 0 Å². The predicted molar refractivity (Wildman–Crippen MR) is 70.1 cm³/mol. The van der Waals surface area contributed by atoms with E-state index < -0.39 is 0 Å². The van der Waals surface area contributed by atoms with E-state index in [1.165, 1.54) is 0 Å². The van der Waals surface area contributed by atoms with Gasteiger partial charge in [0.2, 0.25) is 5.91 Å². The van der Waals surface area contributed by atoms with Gasteiger partial charge in [-0.1, -0.05) is 18.2 Å². The van der Waals surface area contributed by atoms with Gasteiger partial charge < -0.3 is 5.32 Å². The van der Waals surface area contributed by atoms with Crippen LogP contribution in [-0.2, 0) is 4.79 Å². The van der Waals surface area contributed by atoms with Gasteiger partial charge in [0.05, 0.1) is 5.75 Å². The summed E-state index contributed by atoms with van der Waals surface area (Å²) in [5.41, 5.74) is 0. The van der Waals surface area contributed by atoms with Crippen molar-refractivity contribution in [3.63, 3.8) is 0 Å². The van der Waals surface area contributed by atoms with E-state index >= 15 is 0 Å². The molecule has 0 saturated carbocycles. The van der Waals surface area contributed by atoms with E-state index in [4.69, 9.17) is 11.6 Å². The molecule has 1 amide bonds. The Morgan fingerprint density at radius 3 is 2.69 bits per heavy atom. The Labute approximate surface area is 106 Å². The van der Waals surface area contributed by atoms with Crippen LogP contribution in [0.5, 0.6) is 0 Å². The number of unbranched alkanes of at least 4 members (excludes halogenated alkanes) is 1. The molecule has 16 heavy (non-hydrogen) atoms. The molecular weight excluding hydrogens is 242 g/mol. The van der Waals surface area contributed by atoms with E-state index in [-0.39, 0.29) is 5.91 Å². The van der Waals surface area contributed by atoms with Gasteiger partial charge in [-0.2, -0.15) is 0 Å². The molecule has 0 atom stereocenters. The van der Waals surface area contributed by atoms with Crippen LogP contribution in [0.15, 0.2) is 35.2 Å². The number of amides is 1. The molecule has 0 spiro atoms. The van der Waals surface area contributed by atoms with Crippen LogP contribution in [0.2, 0.25) is 0 Å². The molecule has 1 aromatic rings. The molecular formula is C12H16ClNOS. The smallest absolute Gasteiger partial charge is 0.230 e. The highest BCUT2D eigenvalue weighted by Crippen LogP contribution is 2.16. The molecule has 0 fully saturated rings. The number of benzene rings is 1. The Morgan fingerprint density at radius 1 is 1.25 bits per heavy atom. The van der Waals surface area contributed by atoms with Crippen molar-refractivity contribution >= 4 is 29.3 Å². The minimum Gasteiger partial charge on any atom is -0.355 e. The third-order valence-corrected chi connectivity index (χ3v) is 3.27. The lowest BCUT2D eigenvalue weighted by Crippen LogP contribution is -2.26. The normalized spacial score (nSPS) is 10.1. The van der Waals surface area contributed by atoms with Crippen LogP contribution in [-0.4, -0.2) is 24.1 Å². The molecule has 1 N–H and O–H groups in total. The number of nitrogens with one attached hydrogen (secondary N) is 1. The Kier molecular flexibility index (Phi) is 7.10. The van der Waals surface area contributed by atoms with E-state index in [1.54, 1.807) is 11.8 Å². The Balaban J connectivity index is 2.11. The molecule has 0 radical (unpaired) electrons. The van der Waals surface area contributed by atoms with Crippen molar-refractivity contribution in [3.05, 3.63) is 30.3 Å². The SMILES string of the molecule is O=C(CSc1ccccc1)NCCCCCl. The van der Waals surface area contributed by atoms with Crippen LogP contribution >= 0.6 is 23.4 Å². The van der Waals surface area contributed by atoms with E-state index in [2.05, 4.69) is 5.32 Å². The van der Waals surface area contributed by atoms with E-state index in [1.807, 2.05) is 30.3 Å². The molecule has 0 aliphatic carbocycles. The standard InChI is InChI=1S/C12H16ClNOS/c13-8-4-5-9-14-12(15)10-16-11-6-2-1-3-7-11/h1-3,6-7H,4-5,8-10H2,(H,14,15). The van der Waals surface area contributed by atoms with Gasteiger partial charge in [0.1, 0.15) is 0 Å². The summed E-state index contributed by atoms with van der Waals surface area (Å²) in [6.07, 6.45) is 1.90. The third kappa shape index (κ3) is 6.03. The predicted octanol–water partition coefficient (Wildman–Crippen LogP) is 2.91. The summed E-state index contributed by atoms with van der Waals surface area (Å²) < 4.78 is 0. The van der Waals surface area contributed by atoms with Crippen molar-refractivity contribution in [2.45, 2.75) is 17.7 Å². The number of hydrogen-bond donors (Lipinski definition) is 1. The zero-order valence-electron chi connectivity index (χ0n) is 9.12. The second-order valence-electron chi connectivity index (χ2n) is 3.35. The van der Waals surface area contributed by atoms with Crippen LogP contribution in [0, 0.1) is 0 Å². The number of halogens is 1. The summed E-state index contributed by atoms with van der Waals surface area (Å²) in [5.74, 6) is 1.22. The number of carbonyl (C=O) groups is 1. The average Bonchev–Trinajstić information content (AvgIpc) is 2.33. The number of carbonyl (C=O) groups excluding carboxylic acids is 1. The van der Waals surface area contributed by atoms with Crippen LogP contribution in [0.3, 0.4) is 0 Å². The first-order chi connectivity index (χ1) is 7.83. The van der Waals surface area contributed by atoms with Crippen LogP contribution < -0.4 is 5.32 Å². The fourth-order valence-electron chi connectivity index (χ4n) is 1.16. The van der Waals surface area contributed by atoms with Crippen LogP contribution in [0.1, 0.15) is 12.8 Å². The minimum atomic E-state index is 0.0865. The molecule has 0 aromatic heterocycles. The van der Waals surface area contributed by atoms with Crippen molar-refractivity contribution < 1.29 is 4.79 Å². The Morgan fingerprint density at radius 2 is 2.00 bits per heavy atom. The number of alkyl halides is 1. The summed E-state index contributed by atoms with van der Waals surface area (Å²) in [7, 11) is 0. The first-order valence-corrected chi connectivity index (χ1v) is 6.85. The highest BCUT2D eigenvalue weighted by Gasteiger charge is 2.01. The van der Waals surface area contributed by atoms with E-state index in [0.717, 1.165) is 24.3 Å². The van der Waals surface area contributed by atoms with Gasteiger partial charge in [-0.15, -0.1) is 23.4 Å². The van der Waals surface area contributed by atoms with Gasteiger partial charge in [-0.3, -0.25) is 4.79 Å². The van der Waals surface area contributed by atoms with Crippen molar-refractivity contribution in [3.8, 4) is 0 Å². The largest absolute Gasteiger partial charge is 0.355 e. The fraction of sp³-hybridized carbons (Fsp3) is 0.417. The molecule has 0 bridgehead atoms. The average molecular weight is 258 g/mol. The zero-order chi connectivity index (χ0) is 11.6. The summed E-state index contributed by atoms with van der Waals surface area (Å²) in [4.78, 5) is 12.5. The second kappa shape index (κ2) is 8.48. The van der Waals surface area contributed by atoms with Gasteiger partial charge in [-0.05, 0) is 25.0 Å². The summed E-state index contributed by atoms with van der Waals surface area (Å²) >= 11 is 7.10. The molecule has 0 unspecified atom stereocenters. The quantitative estimate of drug-likeness (QED) is 0.462. The van der Waals surface area contributed by atoms with Crippen LogP contribution in [0.4, 0.5) is 0 Å². The monoisotopic (exact) mass is 257 g/mol. The zero-order valence-corrected chi connectivity index (χ0v) is 10.7. The van der Waals surface area contributed by atoms with Gasteiger partial charge in [0.15, 0.2) is 0 Å². The van der Waals surface area contributed by atoms with E-state index in [0.29, 0.717) is 11.6 Å². The summed E-state index contributed by atoms with van der Waals surface area (Å²) in [6.45, 7) is 0.723. The van der Waals surface area contributed by atoms with Crippen LogP contribution in [0.25, 0.3) is 0 Å². The number of rotatable bonds is 7. The van der Waals surface area contributed by atoms with Gasteiger partial charge in [0, 0.05) is 17.3 Å². The van der Waals surface area contributed by atoms with Crippen molar-refractivity contribution in [1.29, 1.82) is 0 Å². The highest BCUT2D eigenvalue weighted by molar-refractivity contribution is 8.00. The Hall–Kier alpha value is -0.670. The first kappa shape index (κ1) is 13.4. The van der Waals surface area contributed by atoms with Gasteiger partial charge in [-0.25, -0.2) is 0 Å². The first-order valence-electron chi connectivity index (χ1n) is 5.33. The van der Waals surface area contributed by atoms with Crippen molar-refractivity contribution in [1.82, 2.24) is 5.32 Å². The molecule has 1 rings (SSSR count). The molecule has 0 saturated heterocycles. The maximum absolute atomic E-state index is 11.4. The lowest BCUT2D eigenvalue weighted by atomic mass is 10.3. The molecule has 2 nitrogen and oxygen atoms in total. The minimum absolute atomic E-state index is 0.0865. The summed E-state index contributed by atoms with van der Waals surface area (Å²) in [5, 5.41) is 2.87. The maximum atomic E-state index is 11.4. The maximum Gasteiger partial charge on any atom is 0.230 e. The molecule has 4 heteroatoms. The fourth-order valence-corrected chi connectivity index (χ4v) is 2.10. The van der Waals surface area contributed by atoms with Crippen molar-refractivity contribution in [2.24, 2.45) is 0 Å². The number of thioether (sulfide) groups is 1. The number of hydrogen-bond acceptors (Lipinski definition) is 2.